The van der Waals surface area contributed by atoms with E-state index < -0.39 is 5.60 Å². The average Bonchev–Trinajstić information content (AvgIpc) is 2.38. The van der Waals surface area contributed by atoms with Crippen LogP contribution in [0.1, 0.15) is 19.4 Å². The lowest BCUT2D eigenvalue weighted by atomic mass is 10.1. The molecule has 1 aromatic rings. The summed E-state index contributed by atoms with van der Waals surface area (Å²) < 4.78 is 0. The van der Waals surface area contributed by atoms with Crippen molar-refractivity contribution in [2.24, 2.45) is 0 Å². The van der Waals surface area contributed by atoms with Crippen molar-refractivity contribution in [2.45, 2.75) is 26.1 Å². The van der Waals surface area contributed by atoms with Crippen LogP contribution in [-0.2, 0) is 6.61 Å². The van der Waals surface area contributed by atoms with E-state index in [-0.39, 0.29) is 6.61 Å². The molecule has 106 valence electrons. The Morgan fingerprint density at radius 3 is 2.32 bits per heavy atom. The van der Waals surface area contributed by atoms with Crippen LogP contribution in [0.3, 0.4) is 0 Å². The van der Waals surface area contributed by atoms with Gasteiger partial charge in [-0.15, -0.1) is 0 Å². The smallest absolute Gasteiger partial charge is 0.0718 e. The van der Waals surface area contributed by atoms with Gasteiger partial charge in [-0.25, -0.2) is 0 Å². The molecule has 1 aromatic carbocycles. The molecule has 0 aromatic heterocycles. The van der Waals surface area contributed by atoms with Crippen molar-refractivity contribution in [2.75, 3.05) is 37.6 Å². The molecule has 0 atom stereocenters. The summed E-state index contributed by atoms with van der Waals surface area (Å²) in [5.41, 5.74) is 1.48. The van der Waals surface area contributed by atoms with Crippen molar-refractivity contribution < 1.29 is 10.2 Å². The Hall–Kier alpha value is -1.10. The van der Waals surface area contributed by atoms with Crippen LogP contribution in [0, 0.1) is 0 Å². The molecule has 4 nitrogen and oxygen atoms in total. The number of aliphatic hydroxyl groups excluding tert-OH is 1. The summed E-state index contributed by atoms with van der Waals surface area (Å²) in [6, 6.07) is 8.01. The second-order valence-electron chi connectivity index (χ2n) is 5.86. The molecule has 4 heteroatoms. The maximum atomic E-state index is 9.85. The number of benzene rings is 1. The molecule has 0 amide bonds. The summed E-state index contributed by atoms with van der Waals surface area (Å²) in [4.78, 5) is 4.60. The maximum Gasteiger partial charge on any atom is 0.0718 e. The molecule has 1 aliphatic heterocycles. The minimum absolute atomic E-state index is 0.0834. The van der Waals surface area contributed by atoms with E-state index >= 15 is 0 Å². The highest BCUT2D eigenvalue weighted by Crippen LogP contribution is 2.22. The van der Waals surface area contributed by atoms with E-state index in [1.165, 1.54) is 0 Å². The molecule has 0 unspecified atom stereocenters. The van der Waals surface area contributed by atoms with Gasteiger partial charge in [0.05, 0.1) is 12.2 Å². The van der Waals surface area contributed by atoms with Crippen LogP contribution in [0.4, 0.5) is 5.69 Å². The third-order valence-electron chi connectivity index (χ3n) is 3.49. The molecule has 1 fully saturated rings. The van der Waals surface area contributed by atoms with Gasteiger partial charge in [0.25, 0.3) is 0 Å². The fourth-order valence-electron chi connectivity index (χ4n) is 2.65. The third kappa shape index (κ3) is 3.93. The largest absolute Gasteiger partial charge is 0.392 e. The first-order valence-corrected chi connectivity index (χ1v) is 6.88. The number of rotatable bonds is 4. The number of aliphatic hydroxyl groups is 2. The molecule has 1 heterocycles. The van der Waals surface area contributed by atoms with Gasteiger partial charge in [-0.3, -0.25) is 4.90 Å². The van der Waals surface area contributed by atoms with Crippen molar-refractivity contribution in [3.63, 3.8) is 0 Å². The third-order valence-corrected chi connectivity index (χ3v) is 3.49. The average molecular weight is 264 g/mol. The number of nitrogens with zero attached hydrogens (tertiary/aromatic N) is 2. The topological polar surface area (TPSA) is 46.9 Å². The van der Waals surface area contributed by atoms with Gasteiger partial charge in [0.1, 0.15) is 0 Å². The molecular formula is C15H24N2O2. The van der Waals surface area contributed by atoms with Crippen LogP contribution < -0.4 is 4.90 Å². The fourth-order valence-corrected chi connectivity index (χ4v) is 2.65. The fraction of sp³-hybridized carbons (Fsp3) is 0.600. The van der Waals surface area contributed by atoms with Crippen LogP contribution in [0.5, 0.6) is 0 Å². The Morgan fingerprint density at radius 1 is 1.11 bits per heavy atom. The van der Waals surface area contributed by atoms with E-state index in [4.69, 9.17) is 0 Å². The van der Waals surface area contributed by atoms with Crippen molar-refractivity contribution in [1.29, 1.82) is 0 Å². The lowest BCUT2D eigenvalue weighted by molar-refractivity contribution is 0.0345. The number of piperazine rings is 1. The monoisotopic (exact) mass is 264 g/mol. The summed E-state index contributed by atoms with van der Waals surface area (Å²) in [6.07, 6.45) is 0. The minimum Gasteiger partial charge on any atom is -0.392 e. The van der Waals surface area contributed by atoms with Crippen LogP contribution in [0.25, 0.3) is 0 Å². The summed E-state index contributed by atoms with van der Waals surface area (Å²) >= 11 is 0. The van der Waals surface area contributed by atoms with Crippen molar-refractivity contribution in [3.05, 3.63) is 29.8 Å². The van der Waals surface area contributed by atoms with Crippen molar-refractivity contribution in [1.82, 2.24) is 4.90 Å². The van der Waals surface area contributed by atoms with Gasteiger partial charge in [-0.2, -0.15) is 0 Å². The highest BCUT2D eigenvalue weighted by atomic mass is 16.3. The normalized spacial score (nSPS) is 17.8. The molecule has 0 spiro atoms. The zero-order valence-electron chi connectivity index (χ0n) is 11.8. The summed E-state index contributed by atoms with van der Waals surface area (Å²) in [7, 11) is 0. The number of hydrogen-bond acceptors (Lipinski definition) is 4. The number of hydrogen-bond donors (Lipinski definition) is 2. The van der Waals surface area contributed by atoms with Gasteiger partial charge in [-0.05, 0) is 19.9 Å². The van der Waals surface area contributed by atoms with E-state index in [0.717, 1.165) is 37.4 Å². The second kappa shape index (κ2) is 5.90. The lowest BCUT2D eigenvalue weighted by Gasteiger charge is -2.39. The van der Waals surface area contributed by atoms with Gasteiger partial charge in [-0.1, -0.05) is 18.2 Å². The van der Waals surface area contributed by atoms with E-state index in [9.17, 15) is 10.2 Å². The highest BCUT2D eigenvalue weighted by molar-refractivity contribution is 5.53. The first kappa shape index (κ1) is 14.3. The highest BCUT2D eigenvalue weighted by Gasteiger charge is 2.23. The van der Waals surface area contributed by atoms with E-state index in [0.29, 0.717) is 6.54 Å². The Bertz CT molecular complexity index is 407. The molecular weight excluding hydrogens is 240 g/mol. The van der Waals surface area contributed by atoms with Gasteiger partial charge < -0.3 is 15.1 Å². The Balaban J connectivity index is 1.96. The molecule has 0 saturated carbocycles. The minimum atomic E-state index is -0.634. The molecule has 0 radical (unpaired) electrons. The number of anilines is 1. The van der Waals surface area contributed by atoms with Gasteiger partial charge in [0.15, 0.2) is 0 Å². The van der Waals surface area contributed by atoms with Gasteiger partial charge in [0.2, 0.25) is 0 Å². The summed E-state index contributed by atoms with van der Waals surface area (Å²) in [5.74, 6) is 0. The zero-order chi connectivity index (χ0) is 13.9. The van der Waals surface area contributed by atoms with E-state index in [1.807, 2.05) is 32.0 Å². The van der Waals surface area contributed by atoms with Crippen LogP contribution in [-0.4, -0.2) is 53.4 Å². The van der Waals surface area contributed by atoms with Crippen LogP contribution in [0.2, 0.25) is 0 Å². The Labute approximate surface area is 115 Å². The molecule has 19 heavy (non-hydrogen) atoms. The summed E-state index contributed by atoms with van der Waals surface area (Å²) in [6.45, 7) is 8.26. The first-order valence-electron chi connectivity index (χ1n) is 6.88. The predicted octanol–water partition coefficient (Wildman–Crippen LogP) is 1.07. The quantitative estimate of drug-likeness (QED) is 0.854. The Kier molecular flexibility index (Phi) is 4.45. The molecule has 0 bridgehead atoms. The predicted molar refractivity (Wildman–Crippen MR) is 77.3 cm³/mol. The molecule has 2 N–H and O–H groups in total. The molecule has 1 saturated heterocycles. The lowest BCUT2D eigenvalue weighted by Crippen LogP contribution is -2.50. The van der Waals surface area contributed by atoms with Crippen LogP contribution in [0.15, 0.2) is 24.3 Å². The number of β-amino-alcohol motifs (C(OH)–C–C–N with tert-alkyl or cyclic N) is 1. The van der Waals surface area contributed by atoms with E-state index in [2.05, 4.69) is 15.9 Å². The number of para-hydroxylation sites is 1. The summed E-state index contributed by atoms with van der Waals surface area (Å²) in [5, 5.41) is 19.2. The maximum absolute atomic E-state index is 9.85. The van der Waals surface area contributed by atoms with Crippen molar-refractivity contribution >= 4 is 5.69 Å². The van der Waals surface area contributed by atoms with E-state index in [1.54, 1.807) is 0 Å². The van der Waals surface area contributed by atoms with Gasteiger partial charge in [0, 0.05) is 44.0 Å². The first-order chi connectivity index (χ1) is 8.99. The SMILES string of the molecule is CC(C)(O)CN1CCN(c2ccccc2CO)CC1. The molecule has 1 aliphatic rings. The van der Waals surface area contributed by atoms with Crippen LogP contribution >= 0.6 is 0 Å². The van der Waals surface area contributed by atoms with Gasteiger partial charge >= 0.3 is 0 Å². The zero-order valence-corrected chi connectivity index (χ0v) is 11.8. The molecule has 2 rings (SSSR count). The van der Waals surface area contributed by atoms with Crippen molar-refractivity contribution in [3.8, 4) is 0 Å². The second-order valence-corrected chi connectivity index (χ2v) is 5.86. The molecule has 0 aliphatic carbocycles. The standard InChI is InChI=1S/C15H24N2O2/c1-15(2,19)12-16-7-9-17(10-8-16)14-6-4-3-5-13(14)11-18/h3-6,18-19H,7-12H2,1-2H3. The Morgan fingerprint density at radius 2 is 1.74 bits per heavy atom.